The van der Waals surface area contributed by atoms with Crippen molar-refractivity contribution >= 4 is 22.9 Å². The highest BCUT2D eigenvalue weighted by molar-refractivity contribution is 7.14. The van der Waals surface area contributed by atoms with Crippen molar-refractivity contribution in [2.45, 2.75) is 50.6 Å². The van der Waals surface area contributed by atoms with E-state index in [1.807, 2.05) is 11.0 Å². The summed E-state index contributed by atoms with van der Waals surface area (Å²) >= 11 is 1.59. The van der Waals surface area contributed by atoms with Crippen LogP contribution in [-0.2, 0) is 19.0 Å². The van der Waals surface area contributed by atoms with E-state index in [-0.39, 0.29) is 11.8 Å². The van der Waals surface area contributed by atoms with Crippen LogP contribution in [-0.4, -0.2) is 38.5 Å². The maximum Gasteiger partial charge on any atom is 0.417 e. The van der Waals surface area contributed by atoms with Gasteiger partial charge in [0.1, 0.15) is 5.82 Å². The molecule has 5 nitrogen and oxygen atoms in total. The molecule has 2 aliphatic rings. The highest BCUT2D eigenvalue weighted by Crippen LogP contribution is 2.34. The van der Waals surface area contributed by atoms with Crippen LogP contribution in [0.4, 0.5) is 13.2 Å². The number of nitrogens with zero attached hydrogens (tertiary/aromatic N) is 4. The van der Waals surface area contributed by atoms with Gasteiger partial charge >= 0.3 is 6.18 Å². The van der Waals surface area contributed by atoms with Gasteiger partial charge in [0, 0.05) is 30.1 Å². The van der Waals surface area contributed by atoms with Gasteiger partial charge in [-0.3, -0.25) is 9.20 Å². The number of hydrogen-bond acceptors (Lipinski definition) is 4. The van der Waals surface area contributed by atoms with E-state index in [1.165, 1.54) is 33.7 Å². The Hall–Kier alpha value is -2.42. The van der Waals surface area contributed by atoms with Gasteiger partial charge in [0.15, 0.2) is 5.65 Å². The van der Waals surface area contributed by atoms with E-state index in [1.54, 1.807) is 11.3 Å². The standard InChI is InChI=1S/C21H21F3N4OS/c22-21(23,24)15-7-8-18-25-26-19(28(18)12-15)14-5-3-9-27(11-14)20(29)17-10-13-4-1-2-6-16(13)30-17/h7-8,10,12,14H,1-6,9,11H2/t14-/m1/s1. The number of carbonyl (C=O) groups is 1. The van der Waals surface area contributed by atoms with Crippen molar-refractivity contribution in [3.8, 4) is 0 Å². The molecule has 0 bridgehead atoms. The van der Waals surface area contributed by atoms with Gasteiger partial charge in [0.2, 0.25) is 0 Å². The molecular weight excluding hydrogens is 413 g/mol. The molecule has 30 heavy (non-hydrogen) atoms. The fourth-order valence-electron chi connectivity index (χ4n) is 4.48. The molecule has 1 atom stereocenters. The fraction of sp³-hybridized carbons (Fsp3) is 0.476. The Kier molecular flexibility index (Phi) is 4.80. The second-order valence-corrected chi connectivity index (χ2v) is 9.20. The van der Waals surface area contributed by atoms with Crippen LogP contribution in [0, 0.1) is 0 Å². The number of rotatable bonds is 2. The predicted octanol–water partition coefficient (Wildman–Crippen LogP) is 4.71. The lowest BCUT2D eigenvalue weighted by Crippen LogP contribution is -2.39. The third-order valence-corrected chi connectivity index (χ3v) is 7.26. The molecule has 1 aliphatic heterocycles. The van der Waals surface area contributed by atoms with E-state index >= 15 is 0 Å². The van der Waals surface area contributed by atoms with Crippen molar-refractivity contribution in [3.05, 3.63) is 51.1 Å². The molecule has 4 heterocycles. The molecule has 3 aromatic rings. The molecule has 0 spiro atoms. The van der Waals surface area contributed by atoms with Crippen molar-refractivity contribution in [3.63, 3.8) is 0 Å². The summed E-state index contributed by atoms with van der Waals surface area (Å²) < 4.78 is 40.9. The summed E-state index contributed by atoms with van der Waals surface area (Å²) in [7, 11) is 0. The number of carbonyl (C=O) groups excluding carboxylic acids is 1. The number of hydrogen-bond donors (Lipinski definition) is 0. The smallest absolute Gasteiger partial charge is 0.337 e. The maximum atomic E-state index is 13.1. The minimum Gasteiger partial charge on any atom is -0.337 e. The Balaban J connectivity index is 1.40. The molecule has 158 valence electrons. The van der Waals surface area contributed by atoms with E-state index < -0.39 is 11.7 Å². The van der Waals surface area contributed by atoms with Gasteiger partial charge < -0.3 is 4.90 Å². The number of aryl methyl sites for hydroxylation is 2. The largest absolute Gasteiger partial charge is 0.417 e. The predicted molar refractivity (Wildman–Crippen MR) is 107 cm³/mol. The van der Waals surface area contributed by atoms with Crippen molar-refractivity contribution in [1.82, 2.24) is 19.5 Å². The van der Waals surface area contributed by atoms with E-state index in [0.29, 0.717) is 24.6 Å². The maximum absolute atomic E-state index is 13.1. The Labute approximate surface area is 175 Å². The molecule has 1 aliphatic carbocycles. The minimum absolute atomic E-state index is 0.0175. The third kappa shape index (κ3) is 3.49. The number of amides is 1. The molecule has 0 N–H and O–H groups in total. The number of pyridine rings is 1. The summed E-state index contributed by atoms with van der Waals surface area (Å²) in [5.41, 5.74) is 0.947. The third-order valence-electron chi connectivity index (χ3n) is 6.04. The summed E-state index contributed by atoms with van der Waals surface area (Å²) in [6.45, 7) is 1.10. The van der Waals surface area contributed by atoms with E-state index in [4.69, 9.17) is 0 Å². The number of likely N-dealkylation sites (tertiary alicyclic amines) is 1. The van der Waals surface area contributed by atoms with Gasteiger partial charge in [-0.25, -0.2) is 0 Å². The van der Waals surface area contributed by atoms with E-state index in [0.717, 1.165) is 42.8 Å². The second-order valence-electron chi connectivity index (χ2n) is 8.06. The number of halogens is 3. The van der Waals surface area contributed by atoms with Crippen LogP contribution in [0.25, 0.3) is 5.65 Å². The molecule has 0 unspecified atom stereocenters. The lowest BCUT2D eigenvalue weighted by molar-refractivity contribution is -0.137. The molecule has 0 saturated carbocycles. The molecule has 9 heteroatoms. The summed E-state index contributed by atoms with van der Waals surface area (Å²) in [6.07, 6.45) is 2.60. The molecular formula is C21H21F3N4OS. The van der Waals surface area contributed by atoms with Crippen LogP contribution in [0.1, 0.15) is 63.1 Å². The number of thiophene rings is 1. The number of fused-ring (bicyclic) bond motifs is 2. The first-order valence-electron chi connectivity index (χ1n) is 10.2. The van der Waals surface area contributed by atoms with Crippen molar-refractivity contribution < 1.29 is 18.0 Å². The van der Waals surface area contributed by atoms with Crippen LogP contribution in [0.2, 0.25) is 0 Å². The second kappa shape index (κ2) is 7.37. The van der Waals surface area contributed by atoms with Crippen LogP contribution in [0.3, 0.4) is 0 Å². The van der Waals surface area contributed by atoms with Gasteiger partial charge in [-0.05, 0) is 62.3 Å². The van der Waals surface area contributed by atoms with Gasteiger partial charge in [-0.2, -0.15) is 13.2 Å². The highest BCUT2D eigenvalue weighted by Gasteiger charge is 2.33. The lowest BCUT2D eigenvalue weighted by Gasteiger charge is -2.31. The molecule has 3 aromatic heterocycles. The SMILES string of the molecule is O=C(c1cc2c(s1)CCCC2)N1CCC[C@@H](c2nnc3ccc(C(F)(F)F)cn23)C1. The molecule has 1 amide bonds. The first kappa shape index (κ1) is 19.5. The van der Waals surface area contributed by atoms with Crippen LogP contribution < -0.4 is 0 Å². The van der Waals surface area contributed by atoms with E-state index in [2.05, 4.69) is 10.2 Å². The molecule has 1 fully saturated rings. The first-order chi connectivity index (χ1) is 14.4. The van der Waals surface area contributed by atoms with Gasteiger partial charge in [0.05, 0.1) is 10.4 Å². The molecule has 0 aromatic carbocycles. The summed E-state index contributed by atoms with van der Waals surface area (Å²) in [6, 6.07) is 4.39. The zero-order valence-electron chi connectivity index (χ0n) is 16.3. The topological polar surface area (TPSA) is 50.5 Å². The van der Waals surface area contributed by atoms with Crippen molar-refractivity contribution in [2.24, 2.45) is 0 Å². The Bertz CT molecular complexity index is 1080. The number of alkyl halides is 3. The van der Waals surface area contributed by atoms with Crippen LogP contribution >= 0.6 is 11.3 Å². The number of aromatic nitrogens is 3. The Morgan fingerprint density at radius 1 is 1.13 bits per heavy atom. The van der Waals surface area contributed by atoms with Gasteiger partial charge in [-0.1, -0.05) is 0 Å². The van der Waals surface area contributed by atoms with Gasteiger partial charge in [-0.15, -0.1) is 21.5 Å². The summed E-state index contributed by atoms with van der Waals surface area (Å²) in [4.78, 5) is 17.0. The van der Waals surface area contributed by atoms with Crippen LogP contribution in [0.5, 0.6) is 0 Å². The molecule has 1 saturated heterocycles. The Morgan fingerprint density at radius 3 is 2.77 bits per heavy atom. The van der Waals surface area contributed by atoms with Crippen molar-refractivity contribution in [2.75, 3.05) is 13.1 Å². The average Bonchev–Trinajstić information content (AvgIpc) is 3.36. The van der Waals surface area contributed by atoms with Crippen LogP contribution in [0.15, 0.2) is 24.4 Å². The van der Waals surface area contributed by atoms with Crippen molar-refractivity contribution in [1.29, 1.82) is 0 Å². The average molecular weight is 434 g/mol. The summed E-state index contributed by atoms with van der Waals surface area (Å²) in [5.74, 6) is 0.360. The lowest BCUT2D eigenvalue weighted by atomic mass is 9.96. The molecule has 0 radical (unpaired) electrons. The zero-order valence-corrected chi connectivity index (χ0v) is 17.1. The fourth-order valence-corrected chi connectivity index (χ4v) is 5.70. The minimum atomic E-state index is -4.43. The highest BCUT2D eigenvalue weighted by atomic mass is 32.1. The molecule has 5 rings (SSSR count). The first-order valence-corrected chi connectivity index (χ1v) is 11.0. The van der Waals surface area contributed by atoms with Gasteiger partial charge in [0.25, 0.3) is 5.91 Å². The van der Waals surface area contributed by atoms with E-state index in [9.17, 15) is 18.0 Å². The quantitative estimate of drug-likeness (QED) is 0.587. The number of piperidine rings is 1. The normalized spacial score (nSPS) is 19.8. The monoisotopic (exact) mass is 434 g/mol. The zero-order chi connectivity index (χ0) is 20.9. The summed E-state index contributed by atoms with van der Waals surface area (Å²) in [5, 5.41) is 8.21. The Morgan fingerprint density at radius 2 is 1.97 bits per heavy atom.